The Hall–Kier alpha value is -3.00. The van der Waals surface area contributed by atoms with Crippen molar-refractivity contribution in [2.45, 2.75) is 30.7 Å². The second-order valence-electron chi connectivity index (χ2n) is 7.16. The van der Waals surface area contributed by atoms with Crippen molar-refractivity contribution >= 4 is 29.1 Å². The van der Waals surface area contributed by atoms with E-state index in [-0.39, 0.29) is 19.7 Å². The summed E-state index contributed by atoms with van der Waals surface area (Å²) >= 11 is 0. The molecule has 0 bridgehead atoms. The number of nitrogens with one attached hydrogen (secondary N) is 3. The van der Waals surface area contributed by atoms with Gasteiger partial charge < -0.3 is 31.1 Å². The molecular formula is C18H21F5N4O5. The molecule has 0 radical (unpaired) electrons. The van der Waals surface area contributed by atoms with E-state index in [2.05, 4.69) is 10.6 Å². The number of hydrogen-bond acceptors (Lipinski definition) is 6. The summed E-state index contributed by atoms with van der Waals surface area (Å²) in [5.74, 6) is -9.35. The molecule has 0 saturated heterocycles. The smallest absolute Gasteiger partial charge is 0.395 e. The van der Waals surface area contributed by atoms with Gasteiger partial charge in [-0.15, -0.1) is 0 Å². The van der Waals surface area contributed by atoms with Crippen LogP contribution in [0.2, 0.25) is 0 Å². The number of para-hydroxylation sites is 2. The fourth-order valence-corrected chi connectivity index (χ4v) is 2.79. The summed E-state index contributed by atoms with van der Waals surface area (Å²) in [4.78, 5) is 38.4. The number of carbonyl (C=O) groups excluding carboxylic acids is 3. The molecule has 3 amide bonds. The zero-order chi connectivity index (χ0) is 24.3. The SMILES string of the molecule is CC(O)(C(=O)NCC(F)(F)C(F)(F)F)C(=O)N[C@H]1CN(CCO)c2ccccc2NC1=O. The average molecular weight is 468 g/mol. The molecular weight excluding hydrogens is 447 g/mol. The maximum atomic E-state index is 13.0. The molecule has 5 N–H and O–H groups in total. The maximum Gasteiger partial charge on any atom is 0.455 e. The van der Waals surface area contributed by atoms with Crippen molar-refractivity contribution in [2.75, 3.05) is 36.5 Å². The van der Waals surface area contributed by atoms with Crippen molar-refractivity contribution in [1.29, 1.82) is 0 Å². The van der Waals surface area contributed by atoms with Crippen LogP contribution in [0.3, 0.4) is 0 Å². The summed E-state index contributed by atoms with van der Waals surface area (Å²) in [5.41, 5.74) is -2.18. The van der Waals surface area contributed by atoms with Crippen LogP contribution in [0.25, 0.3) is 0 Å². The lowest BCUT2D eigenvalue weighted by atomic mass is 10.0. The van der Waals surface area contributed by atoms with Crippen LogP contribution in [0.15, 0.2) is 24.3 Å². The van der Waals surface area contributed by atoms with E-state index in [1.165, 1.54) is 10.2 Å². The molecule has 1 aromatic rings. The highest BCUT2D eigenvalue weighted by Gasteiger charge is 2.58. The number of fused-ring (bicyclic) bond motifs is 1. The van der Waals surface area contributed by atoms with Crippen LogP contribution in [-0.4, -0.2) is 77.9 Å². The van der Waals surface area contributed by atoms with Crippen molar-refractivity contribution in [3.8, 4) is 0 Å². The van der Waals surface area contributed by atoms with E-state index in [9.17, 15) is 46.5 Å². The Morgan fingerprint density at radius 2 is 1.81 bits per heavy atom. The third-order valence-corrected chi connectivity index (χ3v) is 4.67. The number of benzene rings is 1. The monoisotopic (exact) mass is 468 g/mol. The van der Waals surface area contributed by atoms with Gasteiger partial charge in [-0.3, -0.25) is 14.4 Å². The number of nitrogens with zero attached hydrogens (tertiary/aromatic N) is 1. The summed E-state index contributed by atoms with van der Waals surface area (Å²) in [6.07, 6.45) is -5.95. The summed E-state index contributed by atoms with van der Waals surface area (Å²) in [6, 6.07) is 5.13. The van der Waals surface area contributed by atoms with Crippen molar-refractivity contribution in [2.24, 2.45) is 0 Å². The highest BCUT2D eigenvalue weighted by atomic mass is 19.4. The van der Waals surface area contributed by atoms with E-state index in [4.69, 9.17) is 0 Å². The standard InChI is InChI=1S/C18H21F5N4O5/c1-16(32,14(30)24-9-17(19,20)18(21,22)23)15(31)26-11-8-27(6-7-28)12-5-3-2-4-10(12)25-13(11)29/h2-5,11,28,32H,6-9H2,1H3,(H,24,30)(H,25,29)(H,26,31)/t11-,16?/m0/s1. The quantitative estimate of drug-likeness (QED) is 0.283. The molecule has 0 fully saturated rings. The number of carbonyl (C=O) groups is 3. The molecule has 0 spiro atoms. The van der Waals surface area contributed by atoms with Crippen molar-refractivity contribution in [3.05, 3.63) is 24.3 Å². The molecule has 32 heavy (non-hydrogen) atoms. The molecule has 0 aromatic heterocycles. The number of anilines is 2. The third-order valence-electron chi connectivity index (χ3n) is 4.67. The molecule has 2 atom stereocenters. The minimum atomic E-state index is -5.95. The van der Waals surface area contributed by atoms with Crippen LogP contribution in [0, 0.1) is 0 Å². The Bertz CT molecular complexity index is 878. The van der Waals surface area contributed by atoms with Gasteiger partial charge in [-0.25, -0.2) is 0 Å². The lowest BCUT2D eigenvalue weighted by Crippen LogP contribution is -2.61. The van der Waals surface area contributed by atoms with Gasteiger partial charge in [0.05, 0.1) is 24.5 Å². The number of aliphatic hydroxyl groups excluding tert-OH is 1. The van der Waals surface area contributed by atoms with E-state index in [0.717, 1.165) is 0 Å². The Kier molecular flexibility index (Phi) is 7.29. The van der Waals surface area contributed by atoms with Gasteiger partial charge in [-0.05, 0) is 19.1 Å². The molecule has 0 aliphatic carbocycles. The van der Waals surface area contributed by atoms with Crippen LogP contribution in [0.4, 0.5) is 33.3 Å². The Morgan fingerprint density at radius 3 is 2.41 bits per heavy atom. The van der Waals surface area contributed by atoms with Gasteiger partial charge in [-0.2, -0.15) is 22.0 Å². The molecule has 1 aliphatic heterocycles. The molecule has 0 saturated carbocycles. The molecule has 1 heterocycles. The zero-order valence-corrected chi connectivity index (χ0v) is 16.7. The van der Waals surface area contributed by atoms with Gasteiger partial charge in [0, 0.05) is 13.1 Å². The Morgan fingerprint density at radius 1 is 1.19 bits per heavy atom. The number of hydrogen-bond donors (Lipinski definition) is 5. The summed E-state index contributed by atoms with van der Waals surface area (Å²) < 4.78 is 62.7. The van der Waals surface area contributed by atoms with Gasteiger partial charge in [0.25, 0.3) is 11.8 Å². The fourth-order valence-electron chi connectivity index (χ4n) is 2.79. The van der Waals surface area contributed by atoms with E-state index in [1.54, 1.807) is 24.3 Å². The second-order valence-corrected chi connectivity index (χ2v) is 7.16. The number of halogens is 5. The van der Waals surface area contributed by atoms with Gasteiger partial charge in [0.1, 0.15) is 6.04 Å². The first kappa shape index (κ1) is 25.3. The molecule has 1 aromatic carbocycles. The summed E-state index contributed by atoms with van der Waals surface area (Å²) in [5, 5.41) is 25.2. The first-order valence-corrected chi connectivity index (χ1v) is 9.22. The predicted molar refractivity (Wildman–Crippen MR) is 101 cm³/mol. The highest BCUT2D eigenvalue weighted by Crippen LogP contribution is 2.34. The number of rotatable bonds is 7. The lowest BCUT2D eigenvalue weighted by molar-refractivity contribution is -0.278. The van der Waals surface area contributed by atoms with Crippen LogP contribution >= 0.6 is 0 Å². The van der Waals surface area contributed by atoms with E-state index < -0.39 is 48.0 Å². The number of amides is 3. The average Bonchev–Trinajstić information content (AvgIpc) is 2.82. The number of β-amino-alcohol motifs (C(OH)–C–C–N with tert-alkyl or cyclic N) is 1. The Labute approximate surface area is 178 Å². The molecule has 178 valence electrons. The van der Waals surface area contributed by atoms with Crippen molar-refractivity contribution < 1.29 is 46.5 Å². The van der Waals surface area contributed by atoms with Gasteiger partial charge in [0.15, 0.2) is 0 Å². The predicted octanol–water partition coefficient (Wildman–Crippen LogP) is -0.0130. The van der Waals surface area contributed by atoms with Crippen molar-refractivity contribution in [3.63, 3.8) is 0 Å². The topological polar surface area (TPSA) is 131 Å². The van der Waals surface area contributed by atoms with E-state index in [0.29, 0.717) is 18.3 Å². The molecule has 14 heteroatoms. The first-order valence-electron chi connectivity index (χ1n) is 9.22. The fraction of sp³-hybridized carbons (Fsp3) is 0.500. The molecule has 1 unspecified atom stereocenters. The lowest BCUT2D eigenvalue weighted by Gasteiger charge is -2.28. The molecule has 2 rings (SSSR count). The molecule has 1 aliphatic rings. The zero-order valence-electron chi connectivity index (χ0n) is 16.7. The van der Waals surface area contributed by atoms with Crippen LogP contribution < -0.4 is 20.9 Å². The normalized spacial score (nSPS) is 18.7. The van der Waals surface area contributed by atoms with E-state index >= 15 is 0 Å². The van der Waals surface area contributed by atoms with Crippen LogP contribution in [0.1, 0.15) is 6.92 Å². The first-order chi connectivity index (χ1) is 14.7. The Balaban J connectivity index is 2.12. The third kappa shape index (κ3) is 5.43. The van der Waals surface area contributed by atoms with Gasteiger partial charge in [-0.1, -0.05) is 12.1 Å². The number of aliphatic hydroxyl groups is 2. The summed E-state index contributed by atoms with van der Waals surface area (Å²) in [6.45, 7) is -2.06. The van der Waals surface area contributed by atoms with Crippen molar-refractivity contribution in [1.82, 2.24) is 10.6 Å². The van der Waals surface area contributed by atoms with Gasteiger partial charge >= 0.3 is 12.1 Å². The number of alkyl halides is 5. The largest absolute Gasteiger partial charge is 0.455 e. The second kappa shape index (κ2) is 9.24. The van der Waals surface area contributed by atoms with E-state index in [1.807, 2.05) is 0 Å². The summed E-state index contributed by atoms with van der Waals surface area (Å²) in [7, 11) is 0. The van der Waals surface area contributed by atoms with Crippen LogP contribution in [-0.2, 0) is 14.4 Å². The molecule has 9 nitrogen and oxygen atoms in total. The maximum absolute atomic E-state index is 13.0. The van der Waals surface area contributed by atoms with Gasteiger partial charge in [0.2, 0.25) is 11.5 Å². The highest BCUT2D eigenvalue weighted by molar-refractivity contribution is 6.10. The minimum Gasteiger partial charge on any atom is -0.395 e. The van der Waals surface area contributed by atoms with Crippen LogP contribution in [0.5, 0.6) is 0 Å². The minimum absolute atomic E-state index is 0.0573.